The van der Waals surface area contributed by atoms with Gasteiger partial charge in [0.25, 0.3) is 17.7 Å². The van der Waals surface area contributed by atoms with Gasteiger partial charge in [0.05, 0.1) is 14.2 Å². The Hall–Kier alpha value is -4.86. The lowest BCUT2D eigenvalue weighted by Crippen LogP contribution is -2.32. The van der Waals surface area contributed by atoms with E-state index in [1.54, 1.807) is 73.8 Å². The van der Waals surface area contributed by atoms with Gasteiger partial charge in [-0.05, 0) is 66.7 Å². The number of rotatable bonds is 10. The quantitative estimate of drug-likeness (QED) is 0.372. The number of nitrogens with one attached hydrogen (secondary N) is 3. The predicted molar refractivity (Wildman–Crippen MR) is 132 cm³/mol. The van der Waals surface area contributed by atoms with Crippen molar-refractivity contribution in [1.29, 1.82) is 0 Å². The largest absolute Gasteiger partial charge is 0.497 e. The highest BCUT2D eigenvalue weighted by Gasteiger charge is 2.12. The van der Waals surface area contributed by atoms with Crippen LogP contribution in [0.15, 0.2) is 72.8 Å². The number of carbonyl (C=O) groups excluding carboxylic acids is 4. The number of benzene rings is 3. The third kappa shape index (κ3) is 7.59. The molecule has 186 valence electrons. The Morgan fingerprint density at radius 1 is 0.694 bits per heavy atom. The minimum absolute atomic E-state index is 0.317. The van der Waals surface area contributed by atoms with Gasteiger partial charge in [0.15, 0.2) is 6.61 Å². The minimum atomic E-state index is -0.771. The maximum Gasteiger partial charge on any atom is 0.325 e. The second-order valence-corrected chi connectivity index (χ2v) is 7.38. The zero-order chi connectivity index (χ0) is 25.9. The Labute approximate surface area is 207 Å². The molecule has 0 saturated heterocycles. The molecule has 10 heteroatoms. The van der Waals surface area contributed by atoms with Crippen LogP contribution < -0.4 is 25.4 Å². The van der Waals surface area contributed by atoms with E-state index in [1.165, 1.54) is 13.2 Å². The molecule has 0 aliphatic carbocycles. The van der Waals surface area contributed by atoms with Crippen LogP contribution in [0.3, 0.4) is 0 Å². The van der Waals surface area contributed by atoms with Crippen molar-refractivity contribution in [2.24, 2.45) is 0 Å². The first-order valence-electron chi connectivity index (χ1n) is 10.8. The summed E-state index contributed by atoms with van der Waals surface area (Å²) in [6, 6.07) is 19.5. The van der Waals surface area contributed by atoms with E-state index < -0.39 is 30.9 Å². The van der Waals surface area contributed by atoms with Gasteiger partial charge in [-0.15, -0.1) is 0 Å². The molecule has 3 rings (SSSR count). The lowest BCUT2D eigenvalue weighted by atomic mass is 10.2. The van der Waals surface area contributed by atoms with Crippen LogP contribution in [-0.2, 0) is 14.3 Å². The van der Waals surface area contributed by atoms with E-state index >= 15 is 0 Å². The fourth-order valence-electron chi connectivity index (χ4n) is 3.00. The lowest BCUT2D eigenvalue weighted by Gasteiger charge is -2.09. The maximum atomic E-state index is 12.4. The van der Waals surface area contributed by atoms with Crippen LogP contribution in [0.5, 0.6) is 11.5 Å². The number of hydrogen-bond acceptors (Lipinski definition) is 7. The highest BCUT2D eigenvalue weighted by molar-refractivity contribution is 6.04. The van der Waals surface area contributed by atoms with E-state index in [9.17, 15) is 19.2 Å². The van der Waals surface area contributed by atoms with Crippen molar-refractivity contribution in [2.75, 3.05) is 38.0 Å². The molecule has 0 spiro atoms. The van der Waals surface area contributed by atoms with Gasteiger partial charge >= 0.3 is 5.97 Å². The van der Waals surface area contributed by atoms with Gasteiger partial charge in [-0.2, -0.15) is 0 Å². The monoisotopic (exact) mass is 491 g/mol. The van der Waals surface area contributed by atoms with Crippen LogP contribution in [-0.4, -0.2) is 51.1 Å². The standard InChI is InChI=1S/C26H25N3O7/c1-34-21-12-10-20(11-13-21)29-26(33)17-6-8-19(9-7-17)28-23(30)16-36-24(31)15-27-25(32)18-4-3-5-22(14-18)35-2/h3-14H,15-16H2,1-2H3,(H,27,32)(H,28,30)(H,29,33). The molecule has 3 N–H and O–H groups in total. The zero-order valence-electron chi connectivity index (χ0n) is 19.7. The number of methoxy groups -OCH3 is 2. The molecule has 10 nitrogen and oxygen atoms in total. The Bertz CT molecular complexity index is 1230. The summed E-state index contributed by atoms with van der Waals surface area (Å²) >= 11 is 0. The molecule has 0 fully saturated rings. The van der Waals surface area contributed by atoms with Crippen molar-refractivity contribution >= 4 is 35.1 Å². The molecule has 0 radical (unpaired) electrons. The first kappa shape index (κ1) is 25.8. The normalized spacial score (nSPS) is 10.1. The fourth-order valence-corrected chi connectivity index (χ4v) is 3.00. The van der Waals surface area contributed by atoms with Gasteiger partial charge in [-0.1, -0.05) is 6.07 Å². The molecule has 3 amide bonds. The summed E-state index contributed by atoms with van der Waals surface area (Å²) < 4.78 is 15.0. The van der Waals surface area contributed by atoms with E-state index in [-0.39, 0.29) is 5.91 Å². The summed E-state index contributed by atoms with van der Waals surface area (Å²) in [4.78, 5) is 48.5. The number of anilines is 2. The predicted octanol–water partition coefficient (Wildman–Crippen LogP) is 2.87. The number of carbonyl (C=O) groups is 4. The second kappa shape index (κ2) is 12.6. The van der Waals surface area contributed by atoms with E-state index in [0.29, 0.717) is 34.0 Å². The van der Waals surface area contributed by atoms with Gasteiger partial charge in [-0.3, -0.25) is 19.2 Å². The van der Waals surface area contributed by atoms with E-state index in [1.807, 2.05) is 0 Å². The maximum absolute atomic E-state index is 12.4. The van der Waals surface area contributed by atoms with Crippen LogP contribution >= 0.6 is 0 Å². The number of hydrogen-bond donors (Lipinski definition) is 3. The molecule has 0 aliphatic heterocycles. The van der Waals surface area contributed by atoms with Crippen LogP contribution in [0, 0.1) is 0 Å². The van der Waals surface area contributed by atoms with Gasteiger partial charge < -0.3 is 30.2 Å². The first-order chi connectivity index (χ1) is 17.4. The summed E-state index contributed by atoms with van der Waals surface area (Å²) in [5.74, 6) is -0.955. The minimum Gasteiger partial charge on any atom is -0.497 e. The Morgan fingerprint density at radius 3 is 2.00 bits per heavy atom. The van der Waals surface area contributed by atoms with Crippen LogP contribution in [0.25, 0.3) is 0 Å². The molecule has 0 bridgehead atoms. The van der Waals surface area contributed by atoms with Crippen LogP contribution in [0.1, 0.15) is 20.7 Å². The molecule has 0 heterocycles. The summed E-state index contributed by atoms with van der Waals surface area (Å²) in [5, 5.41) is 7.75. The third-order valence-corrected chi connectivity index (χ3v) is 4.87. The molecule has 36 heavy (non-hydrogen) atoms. The smallest absolute Gasteiger partial charge is 0.325 e. The average Bonchev–Trinajstić information content (AvgIpc) is 2.91. The van der Waals surface area contributed by atoms with E-state index in [2.05, 4.69) is 16.0 Å². The molecule has 0 aliphatic rings. The molecule has 0 unspecified atom stereocenters. The van der Waals surface area contributed by atoms with Crippen molar-refractivity contribution in [3.63, 3.8) is 0 Å². The van der Waals surface area contributed by atoms with Gasteiger partial charge in [0, 0.05) is 22.5 Å². The molecule has 0 atom stereocenters. The highest BCUT2D eigenvalue weighted by Crippen LogP contribution is 2.17. The topological polar surface area (TPSA) is 132 Å². The van der Waals surface area contributed by atoms with Crippen molar-refractivity contribution in [2.45, 2.75) is 0 Å². The SMILES string of the molecule is COc1ccc(NC(=O)c2ccc(NC(=O)COC(=O)CNC(=O)c3cccc(OC)c3)cc2)cc1. The van der Waals surface area contributed by atoms with Gasteiger partial charge in [0.2, 0.25) is 0 Å². The molecule has 3 aromatic carbocycles. The molecule has 3 aromatic rings. The van der Waals surface area contributed by atoms with Gasteiger partial charge in [0.1, 0.15) is 18.0 Å². The summed E-state index contributed by atoms with van der Waals surface area (Å²) in [5.41, 5.74) is 1.74. The lowest BCUT2D eigenvalue weighted by molar-refractivity contribution is -0.146. The van der Waals surface area contributed by atoms with Crippen molar-refractivity contribution < 1.29 is 33.4 Å². The zero-order valence-corrected chi connectivity index (χ0v) is 19.7. The highest BCUT2D eigenvalue weighted by atomic mass is 16.5. The van der Waals surface area contributed by atoms with Crippen LogP contribution in [0.4, 0.5) is 11.4 Å². The Balaban J connectivity index is 1.41. The number of esters is 1. The number of ether oxygens (including phenoxy) is 3. The fraction of sp³-hybridized carbons (Fsp3) is 0.154. The van der Waals surface area contributed by atoms with Crippen molar-refractivity contribution in [3.8, 4) is 11.5 Å². The Kier molecular flexibility index (Phi) is 8.99. The molecule has 0 aromatic heterocycles. The second-order valence-electron chi connectivity index (χ2n) is 7.38. The summed E-state index contributed by atoms with van der Waals surface area (Å²) in [6.07, 6.45) is 0. The number of amides is 3. The summed E-state index contributed by atoms with van der Waals surface area (Å²) in [7, 11) is 3.04. The van der Waals surface area contributed by atoms with Crippen molar-refractivity contribution in [3.05, 3.63) is 83.9 Å². The average molecular weight is 492 g/mol. The molecular formula is C26H25N3O7. The summed E-state index contributed by atoms with van der Waals surface area (Å²) in [6.45, 7) is -0.936. The van der Waals surface area contributed by atoms with Crippen molar-refractivity contribution in [1.82, 2.24) is 5.32 Å². The van der Waals surface area contributed by atoms with E-state index in [0.717, 1.165) is 0 Å². The third-order valence-electron chi connectivity index (χ3n) is 4.87. The molecule has 0 saturated carbocycles. The van der Waals surface area contributed by atoms with E-state index in [4.69, 9.17) is 14.2 Å². The Morgan fingerprint density at radius 2 is 1.33 bits per heavy atom. The molecular weight excluding hydrogens is 466 g/mol. The first-order valence-corrected chi connectivity index (χ1v) is 10.8. The van der Waals surface area contributed by atoms with Gasteiger partial charge in [-0.25, -0.2) is 0 Å². The van der Waals surface area contributed by atoms with Crippen LogP contribution in [0.2, 0.25) is 0 Å².